The first-order valence-corrected chi connectivity index (χ1v) is 11.5. The normalized spacial score (nSPS) is 16.1. The molecule has 7 heteroatoms. The van der Waals surface area contributed by atoms with Gasteiger partial charge in [0.1, 0.15) is 35.8 Å². The lowest BCUT2D eigenvalue weighted by atomic mass is 9.89. The predicted octanol–water partition coefficient (Wildman–Crippen LogP) is 5.39. The fraction of sp³-hybridized carbons (Fsp3) is 0.296. The third-order valence-corrected chi connectivity index (χ3v) is 6.40. The maximum atomic E-state index is 13.4. The van der Waals surface area contributed by atoms with Crippen LogP contribution in [0.25, 0.3) is 22.2 Å². The Hall–Kier alpha value is -3.29. The highest BCUT2D eigenvalue weighted by atomic mass is 19.1. The fourth-order valence-electron chi connectivity index (χ4n) is 4.56. The van der Waals surface area contributed by atoms with Crippen molar-refractivity contribution in [2.75, 3.05) is 26.2 Å². The Morgan fingerprint density at radius 1 is 0.971 bits per heavy atom. The third kappa shape index (κ3) is 5.11. The summed E-state index contributed by atoms with van der Waals surface area (Å²) < 4.78 is 37.5. The number of hydrogen-bond donors (Lipinski definition) is 1. The molecule has 0 aliphatic carbocycles. The SMILES string of the molecule is O[C@H](COc1ccc(-c2noc3cc(F)ccc23)cc1)CN1CCC(c2ccc(F)cc2)CC1. The van der Waals surface area contributed by atoms with Crippen LogP contribution in [-0.4, -0.2) is 47.5 Å². The minimum absolute atomic E-state index is 0.198. The van der Waals surface area contributed by atoms with Gasteiger partial charge in [0.2, 0.25) is 0 Å². The van der Waals surface area contributed by atoms with Gasteiger partial charge in [-0.2, -0.15) is 0 Å². The summed E-state index contributed by atoms with van der Waals surface area (Å²) in [5, 5.41) is 15.3. The zero-order chi connectivity index (χ0) is 23.5. The largest absolute Gasteiger partial charge is 0.491 e. The van der Waals surface area contributed by atoms with E-state index in [2.05, 4.69) is 10.1 Å². The minimum atomic E-state index is -0.601. The van der Waals surface area contributed by atoms with Crippen molar-refractivity contribution in [3.63, 3.8) is 0 Å². The topological polar surface area (TPSA) is 58.7 Å². The summed E-state index contributed by atoms with van der Waals surface area (Å²) in [4.78, 5) is 2.25. The zero-order valence-corrected chi connectivity index (χ0v) is 18.7. The van der Waals surface area contributed by atoms with Gasteiger partial charge in [-0.25, -0.2) is 8.78 Å². The highest BCUT2D eigenvalue weighted by Gasteiger charge is 2.22. The maximum absolute atomic E-state index is 13.4. The standard InChI is InChI=1S/C27H26F2N2O3/c28-21-5-1-18(2-6-21)19-11-13-31(14-12-19)16-23(32)17-33-24-8-3-20(4-9-24)27-25-10-7-22(29)15-26(25)34-30-27/h1-10,15,19,23,32H,11-14,16-17H2/t23-/m0/s1. The second kappa shape index (κ2) is 9.91. The lowest BCUT2D eigenvalue weighted by Crippen LogP contribution is -2.40. The molecule has 3 aromatic carbocycles. The average Bonchev–Trinajstić information content (AvgIpc) is 3.27. The summed E-state index contributed by atoms with van der Waals surface area (Å²) in [6, 6.07) is 18.5. The quantitative estimate of drug-likeness (QED) is 0.397. The van der Waals surface area contributed by atoms with E-state index >= 15 is 0 Å². The van der Waals surface area contributed by atoms with Crippen molar-refractivity contribution in [1.82, 2.24) is 10.1 Å². The number of aliphatic hydroxyl groups excluding tert-OH is 1. The minimum Gasteiger partial charge on any atom is -0.491 e. The van der Waals surface area contributed by atoms with Crippen LogP contribution in [0.15, 0.2) is 71.3 Å². The van der Waals surface area contributed by atoms with Crippen LogP contribution in [0.4, 0.5) is 8.78 Å². The average molecular weight is 465 g/mol. The number of likely N-dealkylation sites (tertiary alicyclic amines) is 1. The lowest BCUT2D eigenvalue weighted by Gasteiger charge is -2.33. The molecule has 5 nitrogen and oxygen atoms in total. The molecule has 1 saturated heterocycles. The monoisotopic (exact) mass is 464 g/mol. The number of hydrogen-bond acceptors (Lipinski definition) is 5. The van der Waals surface area contributed by atoms with Crippen LogP contribution < -0.4 is 4.74 Å². The molecule has 0 amide bonds. The molecule has 1 N–H and O–H groups in total. The number of nitrogens with zero attached hydrogens (tertiary/aromatic N) is 2. The molecule has 4 aromatic rings. The number of piperidine rings is 1. The number of rotatable bonds is 7. The van der Waals surface area contributed by atoms with Crippen LogP contribution in [0.3, 0.4) is 0 Å². The number of halogens is 2. The van der Waals surface area contributed by atoms with E-state index in [0.29, 0.717) is 29.5 Å². The highest BCUT2D eigenvalue weighted by molar-refractivity contribution is 5.91. The van der Waals surface area contributed by atoms with Crippen LogP contribution in [0, 0.1) is 11.6 Å². The van der Waals surface area contributed by atoms with Crippen molar-refractivity contribution in [2.24, 2.45) is 0 Å². The van der Waals surface area contributed by atoms with Crippen molar-refractivity contribution < 1.29 is 23.1 Å². The molecule has 1 aliphatic heterocycles. The summed E-state index contributed by atoms with van der Waals surface area (Å²) in [6.45, 7) is 2.53. The number of ether oxygens (including phenoxy) is 1. The summed E-state index contributed by atoms with van der Waals surface area (Å²) in [7, 11) is 0. The number of fused-ring (bicyclic) bond motifs is 1. The summed E-state index contributed by atoms with van der Waals surface area (Å²) >= 11 is 0. The van der Waals surface area contributed by atoms with Gasteiger partial charge in [0.05, 0.1) is 0 Å². The van der Waals surface area contributed by atoms with Crippen molar-refractivity contribution >= 4 is 11.0 Å². The Balaban J connectivity index is 1.10. The number of aromatic nitrogens is 1. The molecule has 0 spiro atoms. The molecule has 0 radical (unpaired) electrons. The second-order valence-corrected chi connectivity index (χ2v) is 8.79. The number of β-amino-alcohol motifs (C(OH)–C–C–N with tert-alkyl or cyclic N) is 1. The van der Waals surface area contributed by atoms with E-state index in [1.165, 1.54) is 29.8 Å². The van der Waals surface area contributed by atoms with Gasteiger partial charge in [-0.1, -0.05) is 17.3 Å². The molecule has 176 valence electrons. The van der Waals surface area contributed by atoms with E-state index in [-0.39, 0.29) is 18.2 Å². The molecule has 1 atom stereocenters. The van der Waals surface area contributed by atoms with Crippen LogP contribution in [0.2, 0.25) is 0 Å². The smallest absolute Gasteiger partial charge is 0.170 e. The Morgan fingerprint density at radius 3 is 2.41 bits per heavy atom. The Bertz CT molecular complexity index is 1230. The molecule has 0 bridgehead atoms. The van der Waals surface area contributed by atoms with Crippen molar-refractivity contribution in [3.05, 3.63) is 83.9 Å². The number of benzene rings is 3. The van der Waals surface area contributed by atoms with E-state index < -0.39 is 6.10 Å². The third-order valence-electron chi connectivity index (χ3n) is 6.40. The van der Waals surface area contributed by atoms with Crippen molar-refractivity contribution in [2.45, 2.75) is 24.9 Å². The van der Waals surface area contributed by atoms with Gasteiger partial charge in [-0.15, -0.1) is 0 Å². The van der Waals surface area contributed by atoms with E-state index in [1.807, 2.05) is 36.4 Å². The molecular formula is C27H26F2N2O3. The molecule has 1 aromatic heterocycles. The zero-order valence-electron chi connectivity index (χ0n) is 18.7. The maximum Gasteiger partial charge on any atom is 0.170 e. The van der Waals surface area contributed by atoms with Crippen LogP contribution in [0.5, 0.6) is 5.75 Å². The van der Waals surface area contributed by atoms with Gasteiger partial charge < -0.3 is 19.3 Å². The highest BCUT2D eigenvalue weighted by Crippen LogP contribution is 2.30. The number of aliphatic hydroxyl groups is 1. The van der Waals surface area contributed by atoms with Gasteiger partial charge in [-0.05, 0) is 85.9 Å². The lowest BCUT2D eigenvalue weighted by molar-refractivity contribution is 0.0594. The van der Waals surface area contributed by atoms with Gasteiger partial charge >= 0.3 is 0 Å². The predicted molar refractivity (Wildman–Crippen MR) is 126 cm³/mol. The molecule has 2 heterocycles. The Labute approximate surface area is 196 Å². The van der Waals surface area contributed by atoms with Crippen LogP contribution in [0.1, 0.15) is 24.3 Å². The van der Waals surface area contributed by atoms with Crippen molar-refractivity contribution in [1.29, 1.82) is 0 Å². The van der Waals surface area contributed by atoms with Crippen LogP contribution >= 0.6 is 0 Å². The molecular weight excluding hydrogens is 438 g/mol. The fourth-order valence-corrected chi connectivity index (χ4v) is 4.56. The van der Waals surface area contributed by atoms with E-state index in [9.17, 15) is 13.9 Å². The first-order chi connectivity index (χ1) is 16.5. The van der Waals surface area contributed by atoms with E-state index in [4.69, 9.17) is 9.26 Å². The molecule has 1 fully saturated rings. The van der Waals surface area contributed by atoms with Crippen molar-refractivity contribution in [3.8, 4) is 17.0 Å². The van der Waals surface area contributed by atoms with Gasteiger partial charge in [0, 0.05) is 23.6 Å². The first kappa shape index (κ1) is 22.5. The van der Waals surface area contributed by atoms with E-state index in [1.54, 1.807) is 6.07 Å². The summed E-state index contributed by atoms with van der Waals surface area (Å²) in [5.41, 5.74) is 3.06. The van der Waals surface area contributed by atoms with E-state index in [0.717, 1.165) is 36.9 Å². The Kier molecular flexibility index (Phi) is 6.56. The van der Waals surface area contributed by atoms with Gasteiger partial charge in [-0.3, -0.25) is 0 Å². The molecule has 0 saturated carbocycles. The first-order valence-electron chi connectivity index (χ1n) is 11.5. The molecule has 5 rings (SSSR count). The molecule has 0 unspecified atom stereocenters. The second-order valence-electron chi connectivity index (χ2n) is 8.79. The molecule has 34 heavy (non-hydrogen) atoms. The molecule has 1 aliphatic rings. The summed E-state index contributed by atoms with van der Waals surface area (Å²) in [5.74, 6) is 0.512. The Morgan fingerprint density at radius 2 is 1.68 bits per heavy atom. The summed E-state index contributed by atoms with van der Waals surface area (Å²) in [6.07, 6.45) is 1.38. The van der Waals surface area contributed by atoms with Crippen LogP contribution in [-0.2, 0) is 0 Å². The van der Waals surface area contributed by atoms with Gasteiger partial charge in [0.15, 0.2) is 5.58 Å². The van der Waals surface area contributed by atoms with Gasteiger partial charge in [0.25, 0.3) is 0 Å².